The van der Waals surface area contributed by atoms with E-state index in [1.54, 1.807) is 12.1 Å². The standard InChI is InChI=1S/C16H18ClNO2/c1-2-18-10-13-6-7-15(9-16(13)17)20-14-5-3-4-12(8-14)11-19/h3-9,18-19H,2,10-11H2,1H3. The highest BCUT2D eigenvalue weighted by Crippen LogP contribution is 2.27. The van der Waals surface area contributed by atoms with Crippen molar-refractivity contribution in [2.75, 3.05) is 6.54 Å². The smallest absolute Gasteiger partial charge is 0.128 e. The zero-order valence-corrected chi connectivity index (χ0v) is 12.2. The number of hydrogen-bond acceptors (Lipinski definition) is 3. The maximum Gasteiger partial charge on any atom is 0.128 e. The lowest BCUT2D eigenvalue weighted by Gasteiger charge is -2.10. The van der Waals surface area contributed by atoms with E-state index in [9.17, 15) is 0 Å². The highest BCUT2D eigenvalue weighted by Gasteiger charge is 2.04. The summed E-state index contributed by atoms with van der Waals surface area (Å²) in [6, 6.07) is 13.0. The Morgan fingerprint density at radius 2 is 1.95 bits per heavy atom. The summed E-state index contributed by atoms with van der Waals surface area (Å²) in [4.78, 5) is 0. The van der Waals surface area contributed by atoms with Crippen LogP contribution in [0.2, 0.25) is 5.02 Å². The molecule has 0 spiro atoms. The molecule has 0 atom stereocenters. The maximum atomic E-state index is 9.11. The van der Waals surface area contributed by atoms with Gasteiger partial charge in [0.25, 0.3) is 0 Å². The molecule has 0 fully saturated rings. The molecule has 106 valence electrons. The molecule has 2 aromatic carbocycles. The Morgan fingerprint density at radius 1 is 1.15 bits per heavy atom. The molecule has 2 aromatic rings. The summed E-state index contributed by atoms with van der Waals surface area (Å²) < 4.78 is 5.75. The van der Waals surface area contributed by atoms with Crippen molar-refractivity contribution in [2.45, 2.75) is 20.1 Å². The molecule has 0 aliphatic rings. The lowest BCUT2D eigenvalue weighted by molar-refractivity contribution is 0.281. The third-order valence-corrected chi connectivity index (χ3v) is 3.26. The van der Waals surface area contributed by atoms with Crippen molar-refractivity contribution in [3.05, 3.63) is 58.6 Å². The molecule has 3 nitrogen and oxygen atoms in total. The Hall–Kier alpha value is -1.55. The van der Waals surface area contributed by atoms with E-state index in [-0.39, 0.29) is 6.61 Å². The molecule has 2 rings (SSSR count). The van der Waals surface area contributed by atoms with Crippen molar-refractivity contribution >= 4 is 11.6 Å². The van der Waals surface area contributed by atoms with Crippen LogP contribution in [-0.4, -0.2) is 11.7 Å². The average Bonchev–Trinajstić information content (AvgIpc) is 2.47. The molecule has 20 heavy (non-hydrogen) atoms. The first kappa shape index (κ1) is 14.9. The highest BCUT2D eigenvalue weighted by molar-refractivity contribution is 6.31. The molecule has 0 radical (unpaired) electrons. The minimum atomic E-state index is -0.000415. The van der Waals surface area contributed by atoms with Gasteiger partial charge in [0.1, 0.15) is 11.5 Å². The fraction of sp³-hybridized carbons (Fsp3) is 0.250. The van der Waals surface area contributed by atoms with Crippen LogP contribution < -0.4 is 10.1 Å². The van der Waals surface area contributed by atoms with Gasteiger partial charge in [-0.15, -0.1) is 0 Å². The lowest BCUT2D eigenvalue weighted by Crippen LogP contribution is -2.11. The van der Waals surface area contributed by atoms with Crippen LogP contribution in [0.25, 0.3) is 0 Å². The predicted octanol–water partition coefficient (Wildman–Crippen LogP) is 3.73. The van der Waals surface area contributed by atoms with Gasteiger partial charge in [0.05, 0.1) is 6.61 Å². The van der Waals surface area contributed by atoms with Gasteiger partial charge in [-0.1, -0.05) is 36.7 Å². The predicted molar refractivity (Wildman–Crippen MR) is 81.3 cm³/mol. The van der Waals surface area contributed by atoms with Crippen molar-refractivity contribution in [3.63, 3.8) is 0 Å². The van der Waals surface area contributed by atoms with Crippen LogP contribution in [-0.2, 0) is 13.2 Å². The number of rotatable bonds is 6. The van der Waals surface area contributed by atoms with Gasteiger partial charge in [-0.05, 0) is 41.9 Å². The zero-order valence-electron chi connectivity index (χ0n) is 11.4. The van der Waals surface area contributed by atoms with E-state index >= 15 is 0 Å². The summed E-state index contributed by atoms with van der Waals surface area (Å²) in [5, 5.41) is 13.0. The van der Waals surface area contributed by atoms with Crippen molar-refractivity contribution in [1.29, 1.82) is 0 Å². The minimum Gasteiger partial charge on any atom is -0.457 e. The molecule has 0 aliphatic heterocycles. The van der Waals surface area contributed by atoms with E-state index in [4.69, 9.17) is 21.4 Å². The summed E-state index contributed by atoms with van der Waals surface area (Å²) >= 11 is 6.23. The van der Waals surface area contributed by atoms with Crippen LogP contribution >= 0.6 is 11.6 Å². The fourth-order valence-corrected chi connectivity index (χ4v) is 2.08. The monoisotopic (exact) mass is 291 g/mol. The van der Waals surface area contributed by atoms with Gasteiger partial charge in [-0.2, -0.15) is 0 Å². The number of nitrogens with one attached hydrogen (secondary N) is 1. The number of ether oxygens (including phenoxy) is 1. The van der Waals surface area contributed by atoms with E-state index in [0.717, 1.165) is 24.2 Å². The Labute approximate surface area is 124 Å². The summed E-state index contributed by atoms with van der Waals surface area (Å²) in [5.74, 6) is 1.37. The van der Waals surface area contributed by atoms with Crippen molar-refractivity contribution in [3.8, 4) is 11.5 Å². The second-order valence-corrected chi connectivity index (χ2v) is 4.85. The molecule has 0 unspecified atom stereocenters. The van der Waals surface area contributed by atoms with Gasteiger partial charge >= 0.3 is 0 Å². The number of hydrogen-bond donors (Lipinski definition) is 2. The first-order valence-electron chi connectivity index (χ1n) is 6.59. The lowest BCUT2D eigenvalue weighted by atomic mass is 10.2. The number of aliphatic hydroxyl groups excluding tert-OH is 1. The summed E-state index contributed by atoms with van der Waals surface area (Å²) in [7, 11) is 0. The normalized spacial score (nSPS) is 10.6. The second kappa shape index (κ2) is 7.29. The van der Waals surface area contributed by atoms with Crippen LogP contribution in [0, 0.1) is 0 Å². The molecule has 0 heterocycles. The summed E-state index contributed by atoms with van der Waals surface area (Å²) in [6.45, 7) is 3.71. The van der Waals surface area contributed by atoms with Gasteiger partial charge in [0.2, 0.25) is 0 Å². The van der Waals surface area contributed by atoms with E-state index in [0.29, 0.717) is 16.5 Å². The molecular weight excluding hydrogens is 274 g/mol. The van der Waals surface area contributed by atoms with Gasteiger partial charge < -0.3 is 15.2 Å². The molecule has 0 saturated heterocycles. The van der Waals surface area contributed by atoms with Crippen LogP contribution in [0.3, 0.4) is 0 Å². The molecule has 4 heteroatoms. The molecule has 0 aliphatic carbocycles. The number of aliphatic hydroxyl groups is 1. The summed E-state index contributed by atoms with van der Waals surface area (Å²) in [5.41, 5.74) is 1.86. The van der Waals surface area contributed by atoms with Crippen molar-refractivity contribution in [2.24, 2.45) is 0 Å². The van der Waals surface area contributed by atoms with E-state index in [1.165, 1.54) is 0 Å². The van der Waals surface area contributed by atoms with E-state index < -0.39 is 0 Å². The molecule has 2 N–H and O–H groups in total. The number of benzene rings is 2. The molecular formula is C16H18ClNO2. The summed E-state index contributed by atoms with van der Waals surface area (Å²) in [6.07, 6.45) is 0. The minimum absolute atomic E-state index is 0.000415. The average molecular weight is 292 g/mol. The molecule has 0 saturated carbocycles. The third-order valence-electron chi connectivity index (χ3n) is 2.91. The Morgan fingerprint density at radius 3 is 2.65 bits per heavy atom. The van der Waals surface area contributed by atoms with Crippen molar-refractivity contribution in [1.82, 2.24) is 5.32 Å². The van der Waals surface area contributed by atoms with Gasteiger partial charge in [0, 0.05) is 11.6 Å². The fourth-order valence-electron chi connectivity index (χ4n) is 1.84. The van der Waals surface area contributed by atoms with Crippen LogP contribution in [0.15, 0.2) is 42.5 Å². The quantitative estimate of drug-likeness (QED) is 0.852. The topological polar surface area (TPSA) is 41.5 Å². The van der Waals surface area contributed by atoms with E-state index in [1.807, 2.05) is 30.3 Å². The van der Waals surface area contributed by atoms with Gasteiger partial charge in [-0.3, -0.25) is 0 Å². The highest BCUT2D eigenvalue weighted by atomic mass is 35.5. The molecule has 0 bridgehead atoms. The molecule has 0 aromatic heterocycles. The first-order chi connectivity index (χ1) is 9.72. The van der Waals surface area contributed by atoms with Crippen LogP contribution in [0.1, 0.15) is 18.1 Å². The van der Waals surface area contributed by atoms with Crippen LogP contribution in [0.5, 0.6) is 11.5 Å². The maximum absolute atomic E-state index is 9.11. The van der Waals surface area contributed by atoms with Gasteiger partial charge in [0.15, 0.2) is 0 Å². The number of halogens is 1. The Bertz CT molecular complexity index is 572. The third kappa shape index (κ3) is 3.97. The largest absolute Gasteiger partial charge is 0.457 e. The molecule has 0 amide bonds. The SMILES string of the molecule is CCNCc1ccc(Oc2cccc(CO)c2)cc1Cl. The Kier molecular flexibility index (Phi) is 5.41. The Balaban J connectivity index is 2.11. The van der Waals surface area contributed by atoms with Crippen molar-refractivity contribution < 1.29 is 9.84 Å². The first-order valence-corrected chi connectivity index (χ1v) is 6.97. The van der Waals surface area contributed by atoms with Crippen LogP contribution in [0.4, 0.5) is 0 Å². The second-order valence-electron chi connectivity index (χ2n) is 4.44. The van der Waals surface area contributed by atoms with Gasteiger partial charge in [-0.25, -0.2) is 0 Å². The zero-order chi connectivity index (χ0) is 14.4. The van der Waals surface area contributed by atoms with E-state index in [2.05, 4.69) is 12.2 Å².